The molecule has 44 heavy (non-hydrogen) atoms. The molecule has 3 aromatic rings. The monoisotopic (exact) mass is 624 g/mol. The molecule has 242 valence electrons. The summed E-state index contributed by atoms with van der Waals surface area (Å²) in [6.45, 7) is 19.9. The second-order valence-corrected chi connectivity index (χ2v) is 11.8. The fraction of sp³-hybridized carbons (Fsp3) is 0.462. The van der Waals surface area contributed by atoms with E-state index in [1.165, 1.54) is 30.2 Å². The van der Waals surface area contributed by atoms with Crippen molar-refractivity contribution in [1.82, 2.24) is 4.98 Å². The number of aliphatic imine (C=N–C) groups is 1. The Bertz CT molecular complexity index is 1360. The predicted octanol–water partition coefficient (Wildman–Crippen LogP) is 13.7. The molecule has 0 radical (unpaired) electrons. The number of nitrogens with zero attached hydrogens (tertiary/aromatic N) is 1. The first-order chi connectivity index (χ1) is 21.1. The Morgan fingerprint density at radius 2 is 1.61 bits per heavy atom. The molecule has 0 aliphatic carbocycles. The van der Waals surface area contributed by atoms with E-state index in [2.05, 4.69) is 94.5 Å². The summed E-state index contributed by atoms with van der Waals surface area (Å²) in [7, 11) is 0. The molecular formula is C39H55ClF2N2. The third kappa shape index (κ3) is 12.9. The summed E-state index contributed by atoms with van der Waals surface area (Å²) in [5.41, 5.74) is 6.80. The highest BCUT2D eigenvalue weighted by Gasteiger charge is 2.21. The zero-order chi connectivity index (χ0) is 33.1. The number of benzene rings is 2. The number of fused-ring (bicyclic) bond motifs is 1. The number of aromatic nitrogens is 1. The molecule has 3 rings (SSSR count). The molecule has 0 aliphatic heterocycles. The standard InChI is InChI=1S/C25H29ClFN.C10H16FN.C4H10/c1-4-6-8-9-18-11-13-19(14-12-18)17(3)25-20(10-7-5-2)23-22(28-25)16-15-21(26)24(23)27;1-5-6-9(4)12-7-10(11)8(2)3;1-3-4-2/h8-9,11-17,28H,4-7,10H2,1-3H3;7H,2,5-6H2,1,3-4H3;3-4H2,1-2H3/b9-8+;10-7+,12-9?;. The minimum atomic E-state index is -0.342. The van der Waals surface area contributed by atoms with Crippen LogP contribution in [-0.2, 0) is 6.42 Å². The van der Waals surface area contributed by atoms with Crippen molar-refractivity contribution in [3.63, 3.8) is 0 Å². The predicted molar refractivity (Wildman–Crippen MR) is 192 cm³/mol. The molecule has 0 bridgehead atoms. The second-order valence-electron chi connectivity index (χ2n) is 11.4. The van der Waals surface area contributed by atoms with Crippen molar-refractivity contribution < 1.29 is 8.78 Å². The molecule has 1 aromatic heterocycles. The van der Waals surface area contributed by atoms with Crippen LogP contribution in [0.25, 0.3) is 17.0 Å². The average Bonchev–Trinajstić information content (AvgIpc) is 3.40. The highest BCUT2D eigenvalue weighted by Crippen LogP contribution is 2.36. The van der Waals surface area contributed by atoms with E-state index in [4.69, 9.17) is 11.6 Å². The average molecular weight is 625 g/mol. The van der Waals surface area contributed by atoms with Gasteiger partial charge < -0.3 is 4.98 Å². The number of H-pyrrole nitrogens is 1. The van der Waals surface area contributed by atoms with Crippen LogP contribution in [0.1, 0.15) is 135 Å². The zero-order valence-corrected chi connectivity index (χ0v) is 29.2. The lowest BCUT2D eigenvalue weighted by Gasteiger charge is -2.14. The number of nitrogens with one attached hydrogen (secondary N) is 1. The smallest absolute Gasteiger partial charge is 0.151 e. The molecule has 0 spiro atoms. The number of aromatic amines is 1. The molecule has 0 saturated heterocycles. The zero-order valence-electron chi connectivity index (χ0n) is 28.4. The Balaban J connectivity index is 0.000000505. The van der Waals surface area contributed by atoms with Crippen LogP contribution in [0.5, 0.6) is 0 Å². The number of halogens is 3. The van der Waals surface area contributed by atoms with Gasteiger partial charge in [-0.2, -0.15) is 0 Å². The molecule has 2 nitrogen and oxygen atoms in total. The molecule has 0 fully saturated rings. The van der Waals surface area contributed by atoms with Crippen LogP contribution in [0, 0.1) is 5.82 Å². The number of rotatable bonds is 13. The maximum absolute atomic E-state index is 14.8. The van der Waals surface area contributed by atoms with Gasteiger partial charge in [-0.05, 0) is 73.9 Å². The number of hydrogen-bond donors (Lipinski definition) is 1. The highest BCUT2D eigenvalue weighted by molar-refractivity contribution is 6.31. The summed E-state index contributed by atoms with van der Waals surface area (Å²) < 4.78 is 27.6. The molecule has 2 aromatic carbocycles. The summed E-state index contributed by atoms with van der Waals surface area (Å²) in [6.07, 6.45) is 15.4. The normalized spacial score (nSPS) is 12.5. The Morgan fingerprint density at radius 1 is 0.955 bits per heavy atom. The Hall–Kier alpha value is -2.98. The van der Waals surface area contributed by atoms with Gasteiger partial charge in [0.1, 0.15) is 5.83 Å². The Labute approximate surface area is 271 Å². The number of allylic oxidation sites excluding steroid dienone is 3. The van der Waals surface area contributed by atoms with Crippen molar-refractivity contribution in [2.45, 2.75) is 119 Å². The van der Waals surface area contributed by atoms with Crippen molar-refractivity contribution in [3.8, 4) is 0 Å². The van der Waals surface area contributed by atoms with Gasteiger partial charge >= 0.3 is 0 Å². The van der Waals surface area contributed by atoms with Gasteiger partial charge in [-0.3, -0.25) is 4.99 Å². The fourth-order valence-electron chi connectivity index (χ4n) is 4.44. The molecule has 5 heteroatoms. The van der Waals surface area contributed by atoms with Gasteiger partial charge in [0.2, 0.25) is 0 Å². The van der Waals surface area contributed by atoms with Crippen molar-refractivity contribution in [2.24, 2.45) is 4.99 Å². The molecule has 0 saturated carbocycles. The minimum Gasteiger partial charge on any atom is -0.358 e. The molecule has 0 amide bonds. The van der Waals surface area contributed by atoms with Gasteiger partial charge in [0.15, 0.2) is 5.82 Å². The molecule has 1 N–H and O–H groups in total. The Morgan fingerprint density at radius 3 is 2.16 bits per heavy atom. The summed E-state index contributed by atoms with van der Waals surface area (Å²) in [5, 5.41) is 0.841. The van der Waals surface area contributed by atoms with E-state index < -0.39 is 0 Å². The lowest BCUT2D eigenvalue weighted by atomic mass is 9.92. The van der Waals surface area contributed by atoms with Crippen LogP contribution in [0.4, 0.5) is 8.78 Å². The number of hydrogen-bond acceptors (Lipinski definition) is 1. The summed E-state index contributed by atoms with van der Waals surface area (Å²) in [6, 6.07) is 12.2. The first-order valence-electron chi connectivity index (χ1n) is 16.4. The third-order valence-electron chi connectivity index (χ3n) is 7.32. The number of unbranched alkanes of at least 4 members (excludes halogenated alkanes) is 3. The second kappa shape index (κ2) is 21.7. The summed E-state index contributed by atoms with van der Waals surface area (Å²) in [5.74, 6) is -0.493. The van der Waals surface area contributed by atoms with Crippen LogP contribution >= 0.6 is 11.6 Å². The van der Waals surface area contributed by atoms with Crippen molar-refractivity contribution in [3.05, 3.63) is 99.9 Å². The van der Waals surface area contributed by atoms with Gasteiger partial charge in [0.25, 0.3) is 0 Å². The van der Waals surface area contributed by atoms with Crippen LogP contribution in [0.3, 0.4) is 0 Å². The van der Waals surface area contributed by atoms with E-state index in [1.807, 2.05) is 13.0 Å². The lowest BCUT2D eigenvalue weighted by Crippen LogP contribution is -2.01. The van der Waals surface area contributed by atoms with Crippen LogP contribution < -0.4 is 0 Å². The molecule has 1 unspecified atom stereocenters. The molecular weight excluding hydrogens is 570 g/mol. The maximum Gasteiger partial charge on any atom is 0.151 e. The van der Waals surface area contributed by atoms with E-state index in [1.54, 1.807) is 13.0 Å². The van der Waals surface area contributed by atoms with Crippen LogP contribution in [0.15, 0.2) is 71.6 Å². The highest BCUT2D eigenvalue weighted by atomic mass is 35.5. The van der Waals surface area contributed by atoms with Crippen LogP contribution in [-0.4, -0.2) is 10.7 Å². The van der Waals surface area contributed by atoms with Gasteiger partial charge in [0, 0.05) is 28.2 Å². The number of aryl methyl sites for hydroxylation is 1. The van der Waals surface area contributed by atoms with Gasteiger partial charge in [0.05, 0.1) is 11.2 Å². The molecule has 1 heterocycles. The van der Waals surface area contributed by atoms with Crippen LogP contribution in [0.2, 0.25) is 5.02 Å². The third-order valence-corrected chi connectivity index (χ3v) is 7.62. The van der Waals surface area contributed by atoms with E-state index in [-0.39, 0.29) is 22.6 Å². The van der Waals surface area contributed by atoms with Gasteiger partial charge in [-0.25, -0.2) is 8.78 Å². The molecule has 0 aliphatic rings. The Kier molecular flexibility index (Phi) is 19.2. The topological polar surface area (TPSA) is 28.1 Å². The largest absolute Gasteiger partial charge is 0.358 e. The summed E-state index contributed by atoms with van der Waals surface area (Å²) in [4.78, 5) is 7.44. The first kappa shape index (κ1) is 39.0. The minimum absolute atomic E-state index is 0.158. The molecule has 1 atom stereocenters. The van der Waals surface area contributed by atoms with E-state index >= 15 is 0 Å². The van der Waals surface area contributed by atoms with Gasteiger partial charge in [-0.15, -0.1) is 0 Å². The first-order valence-corrected chi connectivity index (χ1v) is 16.7. The SMILES string of the molecule is C=C(C)/C(F)=C\N=C(C)CCC.CCC/C=C/c1ccc(C(C)c2[nH]c3ccc(Cl)c(F)c3c2CCCC)cc1.CCCC. The quantitative estimate of drug-likeness (QED) is 0.145. The van der Waals surface area contributed by atoms with E-state index in [0.717, 1.165) is 67.4 Å². The van der Waals surface area contributed by atoms with Gasteiger partial charge in [-0.1, -0.05) is 128 Å². The van der Waals surface area contributed by atoms with E-state index in [9.17, 15) is 8.78 Å². The summed E-state index contributed by atoms with van der Waals surface area (Å²) >= 11 is 6.07. The lowest BCUT2D eigenvalue weighted by molar-refractivity contribution is 0.638. The van der Waals surface area contributed by atoms with Crippen molar-refractivity contribution >= 4 is 34.3 Å². The van der Waals surface area contributed by atoms with Crippen molar-refractivity contribution in [2.75, 3.05) is 0 Å². The fourth-order valence-corrected chi connectivity index (χ4v) is 4.60. The maximum atomic E-state index is 14.8. The van der Waals surface area contributed by atoms with Crippen molar-refractivity contribution in [1.29, 1.82) is 0 Å². The van der Waals surface area contributed by atoms with E-state index in [0.29, 0.717) is 11.0 Å².